The van der Waals surface area contributed by atoms with Crippen molar-refractivity contribution in [3.8, 4) is 22.4 Å². The number of nitrogens with zero attached hydrogens (tertiary/aromatic N) is 2. The summed E-state index contributed by atoms with van der Waals surface area (Å²) in [7, 11) is 0. The van der Waals surface area contributed by atoms with Crippen LogP contribution in [0.5, 0.6) is 0 Å². The molecule has 3 heteroatoms. The van der Waals surface area contributed by atoms with Gasteiger partial charge < -0.3 is 9.32 Å². The predicted octanol–water partition coefficient (Wildman–Crippen LogP) is 12.1. The molecule has 2 aromatic heterocycles. The first-order chi connectivity index (χ1) is 22.8. The molecular formula is C43H28N2O. The van der Waals surface area contributed by atoms with E-state index in [9.17, 15) is 0 Å². The molecule has 0 saturated heterocycles. The molecule has 0 radical (unpaired) electrons. The molecule has 0 unspecified atom stereocenters. The summed E-state index contributed by atoms with van der Waals surface area (Å²) in [5.74, 6) is 0. The van der Waals surface area contributed by atoms with Crippen molar-refractivity contribution >= 4 is 60.7 Å². The molecule has 0 fully saturated rings. The molecule has 0 saturated carbocycles. The van der Waals surface area contributed by atoms with Gasteiger partial charge in [-0.15, -0.1) is 0 Å². The normalized spacial score (nSPS) is 11.5. The Labute approximate surface area is 266 Å². The van der Waals surface area contributed by atoms with E-state index in [0.717, 1.165) is 55.4 Å². The minimum atomic E-state index is 0.650. The Morgan fingerprint density at radius 1 is 0.391 bits per heavy atom. The molecule has 0 aliphatic carbocycles. The van der Waals surface area contributed by atoms with Crippen LogP contribution in [0.25, 0.3) is 66.0 Å². The van der Waals surface area contributed by atoms with Gasteiger partial charge in [0.15, 0.2) is 0 Å². The van der Waals surface area contributed by atoms with Gasteiger partial charge >= 0.3 is 0 Å². The molecule has 0 bridgehead atoms. The van der Waals surface area contributed by atoms with E-state index >= 15 is 0 Å². The molecule has 0 atom stereocenters. The number of aromatic nitrogens is 1. The Balaban J connectivity index is 1.22. The maximum Gasteiger partial charge on any atom is 0.227 e. The van der Waals surface area contributed by atoms with E-state index in [-0.39, 0.29) is 0 Å². The highest BCUT2D eigenvalue weighted by Crippen LogP contribution is 2.41. The van der Waals surface area contributed by atoms with Crippen LogP contribution in [0.4, 0.5) is 17.1 Å². The summed E-state index contributed by atoms with van der Waals surface area (Å²) in [6.07, 6.45) is 0. The fourth-order valence-corrected chi connectivity index (χ4v) is 6.53. The number of benzene rings is 7. The summed E-state index contributed by atoms with van der Waals surface area (Å²) in [6, 6.07) is 59.9. The van der Waals surface area contributed by atoms with Crippen molar-refractivity contribution in [2.75, 3.05) is 4.90 Å². The van der Waals surface area contributed by atoms with Gasteiger partial charge in [-0.3, -0.25) is 0 Å². The fraction of sp³-hybridized carbons (Fsp3) is 0. The van der Waals surface area contributed by atoms with E-state index in [2.05, 4.69) is 157 Å². The summed E-state index contributed by atoms with van der Waals surface area (Å²) in [5.41, 5.74) is 9.10. The van der Waals surface area contributed by atoms with Crippen molar-refractivity contribution in [2.24, 2.45) is 0 Å². The zero-order valence-corrected chi connectivity index (χ0v) is 25.0. The fourth-order valence-electron chi connectivity index (χ4n) is 6.53. The molecule has 0 spiro atoms. The average Bonchev–Trinajstić information content (AvgIpc) is 3.51. The van der Waals surface area contributed by atoms with Crippen LogP contribution in [0, 0.1) is 0 Å². The number of furan rings is 1. The first-order valence-corrected chi connectivity index (χ1v) is 15.5. The zero-order valence-electron chi connectivity index (χ0n) is 25.0. The van der Waals surface area contributed by atoms with Gasteiger partial charge in [0.05, 0.1) is 5.69 Å². The Morgan fingerprint density at radius 3 is 1.76 bits per heavy atom. The van der Waals surface area contributed by atoms with Crippen molar-refractivity contribution in [3.63, 3.8) is 0 Å². The first kappa shape index (κ1) is 26.2. The van der Waals surface area contributed by atoms with Gasteiger partial charge in [-0.05, 0) is 81.9 Å². The lowest BCUT2D eigenvalue weighted by Crippen LogP contribution is -2.09. The molecule has 9 aromatic rings. The third-order valence-corrected chi connectivity index (χ3v) is 8.86. The molecule has 216 valence electrons. The Kier molecular flexibility index (Phi) is 6.14. The monoisotopic (exact) mass is 588 g/mol. The minimum Gasteiger partial charge on any atom is -0.437 e. The predicted molar refractivity (Wildman–Crippen MR) is 192 cm³/mol. The van der Waals surface area contributed by atoms with E-state index in [1.807, 2.05) is 18.2 Å². The summed E-state index contributed by atoms with van der Waals surface area (Å²) in [5, 5.41) is 6.68. The third-order valence-electron chi connectivity index (χ3n) is 8.86. The maximum atomic E-state index is 6.57. The van der Waals surface area contributed by atoms with Crippen LogP contribution in [0.1, 0.15) is 0 Å². The topological polar surface area (TPSA) is 29.3 Å². The quantitative estimate of drug-likeness (QED) is 0.200. The highest BCUT2D eigenvalue weighted by atomic mass is 16.3. The van der Waals surface area contributed by atoms with Crippen LogP contribution in [-0.4, -0.2) is 4.98 Å². The lowest BCUT2D eigenvalue weighted by molar-refractivity contribution is 0.658. The van der Waals surface area contributed by atoms with E-state index in [1.165, 1.54) is 21.9 Å². The van der Waals surface area contributed by atoms with Crippen molar-refractivity contribution in [1.82, 2.24) is 4.98 Å². The number of pyridine rings is 1. The highest BCUT2D eigenvalue weighted by molar-refractivity contribution is 6.15. The van der Waals surface area contributed by atoms with Crippen LogP contribution in [0.15, 0.2) is 174 Å². The Hall–Kier alpha value is -6.19. The van der Waals surface area contributed by atoms with Gasteiger partial charge in [-0.25, -0.2) is 4.98 Å². The smallest absolute Gasteiger partial charge is 0.227 e. The van der Waals surface area contributed by atoms with Gasteiger partial charge in [0, 0.05) is 38.8 Å². The average molecular weight is 589 g/mol. The van der Waals surface area contributed by atoms with Gasteiger partial charge in [0.2, 0.25) is 5.71 Å². The Bertz CT molecular complexity index is 2520. The van der Waals surface area contributed by atoms with Crippen LogP contribution >= 0.6 is 0 Å². The number of rotatable bonds is 5. The third kappa shape index (κ3) is 4.49. The largest absolute Gasteiger partial charge is 0.437 e. The standard InChI is InChI=1S/C43H28N2O/c1-3-9-29(10-4-1)31-15-20-35(21-16-31)45(36-22-17-30-11-7-8-14-34(30)27-36)37-23-18-32-19-24-38-39-25-26-41(33-12-5-2-6-13-33)44-43(39)46-42(38)40(32)28-37/h1-28H. The second kappa shape index (κ2) is 10.8. The molecule has 9 rings (SSSR count). The van der Waals surface area contributed by atoms with Gasteiger partial charge in [-0.2, -0.15) is 0 Å². The highest BCUT2D eigenvalue weighted by Gasteiger charge is 2.17. The number of anilines is 3. The molecule has 46 heavy (non-hydrogen) atoms. The van der Waals surface area contributed by atoms with Crippen molar-refractivity contribution < 1.29 is 4.42 Å². The van der Waals surface area contributed by atoms with E-state index in [4.69, 9.17) is 9.40 Å². The summed E-state index contributed by atoms with van der Waals surface area (Å²) >= 11 is 0. The van der Waals surface area contributed by atoms with Crippen LogP contribution < -0.4 is 4.90 Å². The van der Waals surface area contributed by atoms with Gasteiger partial charge in [0.1, 0.15) is 5.58 Å². The number of hydrogen-bond donors (Lipinski definition) is 0. The van der Waals surface area contributed by atoms with Crippen molar-refractivity contribution in [1.29, 1.82) is 0 Å². The molecular weight excluding hydrogens is 560 g/mol. The SMILES string of the molecule is c1ccc(-c2ccc(N(c3ccc4ccccc4c3)c3ccc4ccc5c6ccc(-c7ccccc7)nc6oc5c4c3)cc2)cc1. The Morgan fingerprint density at radius 2 is 0.978 bits per heavy atom. The van der Waals surface area contributed by atoms with Gasteiger partial charge in [-0.1, -0.05) is 115 Å². The lowest BCUT2D eigenvalue weighted by atomic mass is 10.0. The van der Waals surface area contributed by atoms with Gasteiger partial charge in [0.25, 0.3) is 0 Å². The second-order valence-electron chi connectivity index (χ2n) is 11.6. The lowest BCUT2D eigenvalue weighted by Gasteiger charge is -2.26. The molecule has 2 heterocycles. The molecule has 0 aliphatic rings. The maximum absolute atomic E-state index is 6.57. The van der Waals surface area contributed by atoms with Crippen LogP contribution in [-0.2, 0) is 0 Å². The van der Waals surface area contributed by atoms with Crippen molar-refractivity contribution in [3.05, 3.63) is 170 Å². The van der Waals surface area contributed by atoms with E-state index in [0.29, 0.717) is 5.71 Å². The molecule has 3 nitrogen and oxygen atoms in total. The number of fused-ring (bicyclic) bond motifs is 6. The molecule has 0 N–H and O–H groups in total. The summed E-state index contributed by atoms with van der Waals surface area (Å²) < 4.78 is 6.57. The zero-order chi connectivity index (χ0) is 30.5. The van der Waals surface area contributed by atoms with Crippen LogP contribution in [0.2, 0.25) is 0 Å². The summed E-state index contributed by atoms with van der Waals surface area (Å²) in [6.45, 7) is 0. The summed E-state index contributed by atoms with van der Waals surface area (Å²) in [4.78, 5) is 7.25. The second-order valence-corrected chi connectivity index (χ2v) is 11.6. The first-order valence-electron chi connectivity index (χ1n) is 15.5. The molecule has 0 amide bonds. The minimum absolute atomic E-state index is 0.650. The van der Waals surface area contributed by atoms with Crippen molar-refractivity contribution in [2.45, 2.75) is 0 Å². The van der Waals surface area contributed by atoms with E-state index in [1.54, 1.807) is 0 Å². The van der Waals surface area contributed by atoms with Crippen LogP contribution in [0.3, 0.4) is 0 Å². The molecule has 7 aromatic carbocycles. The molecule has 0 aliphatic heterocycles. The van der Waals surface area contributed by atoms with E-state index < -0.39 is 0 Å². The number of hydrogen-bond acceptors (Lipinski definition) is 3.